The highest BCUT2D eigenvalue weighted by Gasteiger charge is 2.21. The molecule has 0 spiro atoms. The SMILES string of the molecule is CC(=O)Nc1ccc(C(=O)NC(c2ccc3c(c2)CCCC3)c2cccs2)cc1. The topological polar surface area (TPSA) is 58.2 Å². The summed E-state index contributed by atoms with van der Waals surface area (Å²) >= 11 is 1.65. The zero-order valence-corrected chi connectivity index (χ0v) is 17.2. The molecule has 1 unspecified atom stereocenters. The third-order valence-electron chi connectivity index (χ3n) is 5.28. The first kappa shape index (κ1) is 19.4. The third-order valence-corrected chi connectivity index (χ3v) is 6.21. The fraction of sp³-hybridized carbons (Fsp3) is 0.250. The van der Waals surface area contributed by atoms with Gasteiger partial charge in [-0.05, 0) is 78.1 Å². The van der Waals surface area contributed by atoms with E-state index in [0.29, 0.717) is 11.3 Å². The van der Waals surface area contributed by atoms with E-state index in [0.717, 1.165) is 23.3 Å². The van der Waals surface area contributed by atoms with E-state index in [1.165, 1.54) is 30.9 Å². The number of aryl methyl sites for hydroxylation is 2. The Morgan fingerprint density at radius 1 is 0.966 bits per heavy atom. The lowest BCUT2D eigenvalue weighted by molar-refractivity contribution is -0.114. The van der Waals surface area contributed by atoms with Gasteiger partial charge in [-0.15, -0.1) is 11.3 Å². The zero-order valence-electron chi connectivity index (χ0n) is 16.4. The fourth-order valence-electron chi connectivity index (χ4n) is 3.83. The van der Waals surface area contributed by atoms with Crippen LogP contribution in [0.4, 0.5) is 5.69 Å². The molecule has 0 fully saturated rings. The molecule has 0 bridgehead atoms. The summed E-state index contributed by atoms with van der Waals surface area (Å²) in [6, 6.07) is 17.5. The molecule has 4 nitrogen and oxygen atoms in total. The van der Waals surface area contributed by atoms with Crippen molar-refractivity contribution in [3.8, 4) is 0 Å². The smallest absolute Gasteiger partial charge is 0.252 e. The van der Waals surface area contributed by atoms with E-state index in [9.17, 15) is 9.59 Å². The van der Waals surface area contributed by atoms with Gasteiger partial charge in [-0.3, -0.25) is 9.59 Å². The quantitative estimate of drug-likeness (QED) is 0.621. The number of amides is 2. The van der Waals surface area contributed by atoms with Crippen molar-refractivity contribution in [3.63, 3.8) is 0 Å². The van der Waals surface area contributed by atoms with E-state index in [-0.39, 0.29) is 17.9 Å². The van der Waals surface area contributed by atoms with Gasteiger partial charge in [-0.1, -0.05) is 24.3 Å². The molecule has 0 saturated carbocycles. The predicted molar refractivity (Wildman–Crippen MR) is 117 cm³/mol. The molecule has 2 amide bonds. The van der Waals surface area contributed by atoms with Gasteiger partial charge >= 0.3 is 0 Å². The van der Waals surface area contributed by atoms with E-state index >= 15 is 0 Å². The number of carbonyl (C=O) groups excluding carboxylic acids is 2. The average molecular weight is 405 g/mol. The summed E-state index contributed by atoms with van der Waals surface area (Å²) < 4.78 is 0. The molecule has 0 radical (unpaired) electrons. The first-order chi connectivity index (χ1) is 14.1. The Bertz CT molecular complexity index is 1010. The van der Waals surface area contributed by atoms with Gasteiger partial charge in [0.25, 0.3) is 5.91 Å². The van der Waals surface area contributed by atoms with Gasteiger partial charge in [0, 0.05) is 23.1 Å². The van der Waals surface area contributed by atoms with Gasteiger partial charge in [0.15, 0.2) is 0 Å². The van der Waals surface area contributed by atoms with Crippen LogP contribution in [0.1, 0.15) is 57.7 Å². The van der Waals surface area contributed by atoms with Crippen LogP contribution >= 0.6 is 11.3 Å². The zero-order chi connectivity index (χ0) is 20.2. The Morgan fingerprint density at radius 2 is 1.72 bits per heavy atom. The van der Waals surface area contributed by atoms with Crippen LogP contribution in [0.5, 0.6) is 0 Å². The standard InChI is InChI=1S/C24H24N2O2S/c1-16(27)25-21-12-10-18(11-13-21)24(28)26-23(22-7-4-14-29-22)20-9-8-17-5-2-3-6-19(17)15-20/h4,7-15,23H,2-3,5-6H2,1H3,(H,25,27)(H,26,28). The van der Waals surface area contributed by atoms with Crippen LogP contribution in [-0.2, 0) is 17.6 Å². The Kier molecular flexibility index (Phi) is 5.76. The first-order valence-corrected chi connectivity index (χ1v) is 10.8. The maximum absolute atomic E-state index is 13.0. The fourth-order valence-corrected chi connectivity index (χ4v) is 4.63. The Labute approximate surface area is 175 Å². The average Bonchev–Trinajstić information content (AvgIpc) is 3.26. The largest absolute Gasteiger partial charge is 0.340 e. The molecule has 1 aliphatic rings. The van der Waals surface area contributed by atoms with Crippen LogP contribution in [0.15, 0.2) is 60.0 Å². The number of carbonyl (C=O) groups is 2. The number of rotatable bonds is 5. The number of anilines is 1. The number of hydrogen-bond donors (Lipinski definition) is 2. The van der Waals surface area contributed by atoms with Gasteiger partial charge < -0.3 is 10.6 Å². The lowest BCUT2D eigenvalue weighted by Crippen LogP contribution is -2.29. The molecule has 1 aliphatic carbocycles. The molecule has 1 atom stereocenters. The molecule has 29 heavy (non-hydrogen) atoms. The molecule has 1 heterocycles. The van der Waals surface area contributed by atoms with E-state index in [4.69, 9.17) is 0 Å². The summed E-state index contributed by atoms with van der Waals surface area (Å²) in [5.74, 6) is -0.261. The molecule has 0 saturated heterocycles. The van der Waals surface area contributed by atoms with Crippen molar-refractivity contribution in [2.45, 2.75) is 38.6 Å². The Morgan fingerprint density at radius 3 is 2.41 bits per heavy atom. The lowest BCUT2D eigenvalue weighted by Gasteiger charge is -2.22. The van der Waals surface area contributed by atoms with Gasteiger partial charge in [-0.25, -0.2) is 0 Å². The minimum atomic E-state index is -0.176. The van der Waals surface area contributed by atoms with Crippen molar-refractivity contribution in [1.29, 1.82) is 0 Å². The number of hydrogen-bond acceptors (Lipinski definition) is 3. The minimum absolute atomic E-state index is 0.129. The highest BCUT2D eigenvalue weighted by Crippen LogP contribution is 2.30. The number of benzene rings is 2. The summed E-state index contributed by atoms with van der Waals surface area (Å²) in [4.78, 5) is 25.2. The summed E-state index contributed by atoms with van der Waals surface area (Å²) in [6.45, 7) is 1.46. The highest BCUT2D eigenvalue weighted by atomic mass is 32.1. The van der Waals surface area contributed by atoms with E-state index in [2.05, 4.69) is 34.9 Å². The molecule has 0 aliphatic heterocycles. The lowest BCUT2D eigenvalue weighted by atomic mass is 9.89. The Balaban J connectivity index is 1.58. The second-order valence-electron chi connectivity index (χ2n) is 7.42. The second kappa shape index (κ2) is 8.62. The van der Waals surface area contributed by atoms with E-state index in [1.54, 1.807) is 35.6 Å². The summed E-state index contributed by atoms with van der Waals surface area (Å²) in [5.41, 5.74) is 5.21. The van der Waals surface area contributed by atoms with Crippen LogP contribution in [0, 0.1) is 0 Å². The molecule has 3 aromatic rings. The van der Waals surface area contributed by atoms with E-state index < -0.39 is 0 Å². The van der Waals surface area contributed by atoms with Crippen molar-refractivity contribution in [2.75, 3.05) is 5.32 Å². The van der Waals surface area contributed by atoms with Crippen LogP contribution in [0.2, 0.25) is 0 Å². The predicted octanol–water partition coefficient (Wildman–Crippen LogP) is 5.10. The molecule has 2 N–H and O–H groups in total. The van der Waals surface area contributed by atoms with Gasteiger partial charge in [0.1, 0.15) is 0 Å². The molecule has 148 valence electrons. The van der Waals surface area contributed by atoms with E-state index in [1.807, 2.05) is 11.4 Å². The van der Waals surface area contributed by atoms with Crippen molar-refractivity contribution >= 4 is 28.8 Å². The van der Waals surface area contributed by atoms with Gasteiger partial charge in [0.2, 0.25) is 5.91 Å². The van der Waals surface area contributed by atoms with Crippen LogP contribution < -0.4 is 10.6 Å². The first-order valence-electron chi connectivity index (χ1n) is 9.94. The monoisotopic (exact) mass is 404 g/mol. The second-order valence-corrected chi connectivity index (χ2v) is 8.39. The molecule has 2 aromatic carbocycles. The normalized spacial score (nSPS) is 14.0. The summed E-state index contributed by atoms with van der Waals surface area (Å²) in [5, 5.41) is 7.96. The van der Waals surface area contributed by atoms with Gasteiger partial charge in [-0.2, -0.15) is 0 Å². The number of thiophene rings is 1. The third kappa shape index (κ3) is 4.57. The van der Waals surface area contributed by atoms with Gasteiger partial charge in [0.05, 0.1) is 6.04 Å². The van der Waals surface area contributed by atoms with Crippen LogP contribution in [0.25, 0.3) is 0 Å². The molecule has 1 aromatic heterocycles. The minimum Gasteiger partial charge on any atom is -0.340 e. The summed E-state index contributed by atoms with van der Waals surface area (Å²) in [7, 11) is 0. The maximum Gasteiger partial charge on any atom is 0.252 e. The molecular weight excluding hydrogens is 380 g/mol. The molecule has 4 rings (SSSR count). The van der Waals surface area contributed by atoms with Crippen LogP contribution in [0.3, 0.4) is 0 Å². The number of fused-ring (bicyclic) bond motifs is 1. The number of nitrogens with one attached hydrogen (secondary N) is 2. The van der Waals surface area contributed by atoms with Crippen molar-refractivity contribution in [1.82, 2.24) is 5.32 Å². The van der Waals surface area contributed by atoms with Crippen molar-refractivity contribution in [3.05, 3.63) is 87.1 Å². The Hall–Kier alpha value is -2.92. The molecular formula is C24H24N2O2S. The summed E-state index contributed by atoms with van der Waals surface area (Å²) in [6.07, 6.45) is 4.74. The maximum atomic E-state index is 13.0. The highest BCUT2D eigenvalue weighted by molar-refractivity contribution is 7.10. The van der Waals surface area contributed by atoms with Crippen molar-refractivity contribution < 1.29 is 9.59 Å². The van der Waals surface area contributed by atoms with Crippen molar-refractivity contribution in [2.24, 2.45) is 0 Å². The van der Waals surface area contributed by atoms with Crippen LogP contribution in [-0.4, -0.2) is 11.8 Å². The molecule has 5 heteroatoms.